The second-order valence-corrected chi connectivity index (χ2v) is 8.54. The first-order chi connectivity index (χ1) is 10.8. The van der Waals surface area contributed by atoms with Crippen LogP contribution in [0.25, 0.3) is 0 Å². The molecule has 0 amide bonds. The SMILES string of the molecule is c1cncc(CO[C@@H]2CSC3(C2)CN(Cc2ccsc2)C3)c1. The predicted molar refractivity (Wildman–Crippen MR) is 92.2 cm³/mol. The van der Waals surface area contributed by atoms with Gasteiger partial charge in [-0.25, -0.2) is 0 Å². The maximum absolute atomic E-state index is 6.08. The fourth-order valence-electron chi connectivity index (χ4n) is 3.35. The summed E-state index contributed by atoms with van der Waals surface area (Å²) in [5.41, 5.74) is 2.62. The molecule has 22 heavy (non-hydrogen) atoms. The molecule has 5 heteroatoms. The van der Waals surface area contributed by atoms with Gasteiger partial charge < -0.3 is 4.74 Å². The van der Waals surface area contributed by atoms with E-state index in [0.717, 1.165) is 12.3 Å². The first-order valence-corrected chi connectivity index (χ1v) is 9.62. The van der Waals surface area contributed by atoms with Crippen molar-refractivity contribution in [2.45, 2.75) is 30.4 Å². The second-order valence-electron chi connectivity index (χ2n) is 6.27. The monoisotopic (exact) mass is 332 g/mol. The van der Waals surface area contributed by atoms with Crippen molar-refractivity contribution in [2.24, 2.45) is 0 Å². The Morgan fingerprint density at radius 2 is 2.27 bits per heavy atom. The van der Waals surface area contributed by atoms with Crippen LogP contribution < -0.4 is 0 Å². The third kappa shape index (κ3) is 3.23. The van der Waals surface area contributed by atoms with E-state index >= 15 is 0 Å². The Hall–Kier alpha value is -0.880. The van der Waals surface area contributed by atoms with Gasteiger partial charge in [0.1, 0.15) is 0 Å². The maximum Gasteiger partial charge on any atom is 0.0736 e. The summed E-state index contributed by atoms with van der Waals surface area (Å²) in [6.07, 6.45) is 5.29. The van der Waals surface area contributed by atoms with Crippen molar-refractivity contribution in [3.8, 4) is 0 Å². The number of ether oxygens (including phenoxy) is 1. The zero-order valence-electron chi connectivity index (χ0n) is 12.5. The molecule has 2 aromatic heterocycles. The van der Waals surface area contributed by atoms with Gasteiger partial charge in [0.2, 0.25) is 0 Å². The number of likely N-dealkylation sites (tertiary alicyclic amines) is 1. The number of hydrogen-bond acceptors (Lipinski definition) is 5. The van der Waals surface area contributed by atoms with Crippen LogP contribution in [0.3, 0.4) is 0 Å². The van der Waals surface area contributed by atoms with Crippen molar-refractivity contribution in [1.82, 2.24) is 9.88 Å². The summed E-state index contributed by atoms with van der Waals surface area (Å²) in [7, 11) is 0. The minimum Gasteiger partial charge on any atom is -0.373 e. The van der Waals surface area contributed by atoms with Gasteiger partial charge in [0.25, 0.3) is 0 Å². The minimum absolute atomic E-state index is 0.397. The van der Waals surface area contributed by atoms with E-state index in [4.69, 9.17) is 4.74 Å². The lowest BCUT2D eigenvalue weighted by atomic mass is 9.92. The highest BCUT2D eigenvalue weighted by Gasteiger charge is 2.49. The third-order valence-corrected chi connectivity index (χ3v) is 6.70. The lowest BCUT2D eigenvalue weighted by Gasteiger charge is -2.47. The Balaban J connectivity index is 1.23. The van der Waals surface area contributed by atoms with Crippen LogP contribution in [-0.4, -0.2) is 39.6 Å². The van der Waals surface area contributed by atoms with Gasteiger partial charge in [-0.15, -0.1) is 11.8 Å². The van der Waals surface area contributed by atoms with Crippen molar-refractivity contribution in [1.29, 1.82) is 0 Å². The normalized spacial score (nSPS) is 23.7. The Morgan fingerprint density at radius 1 is 1.32 bits per heavy atom. The predicted octanol–water partition coefficient (Wildman–Crippen LogP) is 3.42. The summed E-state index contributed by atoms with van der Waals surface area (Å²) >= 11 is 3.90. The maximum atomic E-state index is 6.08. The number of pyridine rings is 1. The first kappa shape index (κ1) is 14.7. The Morgan fingerprint density at radius 3 is 3.05 bits per heavy atom. The molecule has 1 atom stereocenters. The molecule has 4 heterocycles. The number of thiophene rings is 1. The van der Waals surface area contributed by atoms with Crippen molar-refractivity contribution < 1.29 is 4.74 Å². The molecule has 0 aliphatic carbocycles. The van der Waals surface area contributed by atoms with Gasteiger partial charge >= 0.3 is 0 Å². The summed E-state index contributed by atoms with van der Waals surface area (Å²) in [4.78, 5) is 6.69. The van der Waals surface area contributed by atoms with Gasteiger partial charge in [-0.2, -0.15) is 11.3 Å². The van der Waals surface area contributed by atoms with E-state index in [1.54, 1.807) is 17.5 Å². The van der Waals surface area contributed by atoms with Crippen molar-refractivity contribution >= 4 is 23.1 Å². The van der Waals surface area contributed by atoms with Crippen molar-refractivity contribution in [3.63, 3.8) is 0 Å². The summed E-state index contributed by atoms with van der Waals surface area (Å²) in [5.74, 6) is 1.13. The van der Waals surface area contributed by atoms with E-state index < -0.39 is 0 Å². The average molecular weight is 332 g/mol. The van der Waals surface area contributed by atoms with Gasteiger partial charge in [-0.05, 0) is 40.4 Å². The van der Waals surface area contributed by atoms with Gasteiger partial charge in [-0.1, -0.05) is 6.07 Å². The molecule has 0 unspecified atom stereocenters. The van der Waals surface area contributed by atoms with E-state index in [2.05, 4.69) is 44.5 Å². The van der Waals surface area contributed by atoms with Crippen LogP contribution in [-0.2, 0) is 17.9 Å². The molecule has 0 bridgehead atoms. The quantitative estimate of drug-likeness (QED) is 0.838. The van der Waals surface area contributed by atoms with E-state index in [1.807, 2.05) is 12.3 Å². The Labute approximate surface area is 139 Å². The summed E-state index contributed by atoms with van der Waals surface area (Å²) < 4.78 is 6.54. The number of hydrogen-bond donors (Lipinski definition) is 0. The topological polar surface area (TPSA) is 25.4 Å². The van der Waals surface area contributed by atoms with Crippen molar-refractivity contribution in [2.75, 3.05) is 18.8 Å². The van der Waals surface area contributed by atoms with Crippen LogP contribution in [0, 0.1) is 0 Å². The molecule has 2 saturated heterocycles. The fraction of sp³-hybridized carbons (Fsp3) is 0.471. The zero-order valence-corrected chi connectivity index (χ0v) is 14.1. The molecule has 2 aliphatic heterocycles. The van der Waals surface area contributed by atoms with Gasteiger partial charge in [0, 0.05) is 42.5 Å². The van der Waals surface area contributed by atoms with Crippen LogP contribution in [0.1, 0.15) is 17.5 Å². The smallest absolute Gasteiger partial charge is 0.0736 e. The summed E-state index contributed by atoms with van der Waals surface area (Å²) in [6, 6.07) is 6.28. The number of aromatic nitrogens is 1. The van der Waals surface area contributed by atoms with Crippen LogP contribution in [0.15, 0.2) is 41.4 Å². The molecule has 0 aromatic carbocycles. The van der Waals surface area contributed by atoms with E-state index in [9.17, 15) is 0 Å². The van der Waals surface area contributed by atoms with E-state index in [1.165, 1.54) is 30.6 Å². The molecule has 2 aromatic rings. The van der Waals surface area contributed by atoms with Crippen LogP contribution in [0.2, 0.25) is 0 Å². The molecule has 0 N–H and O–H groups in total. The Kier molecular flexibility index (Phi) is 4.22. The summed E-state index contributed by atoms with van der Waals surface area (Å²) in [6.45, 7) is 4.21. The lowest BCUT2D eigenvalue weighted by molar-refractivity contribution is 0.0263. The molecular weight excluding hydrogens is 312 g/mol. The number of thioether (sulfide) groups is 1. The molecule has 0 radical (unpaired) electrons. The summed E-state index contributed by atoms with van der Waals surface area (Å²) in [5, 5.41) is 4.42. The van der Waals surface area contributed by atoms with Gasteiger partial charge in [-0.3, -0.25) is 9.88 Å². The van der Waals surface area contributed by atoms with E-state index in [0.29, 0.717) is 17.5 Å². The molecule has 2 aliphatic rings. The largest absolute Gasteiger partial charge is 0.373 e. The van der Waals surface area contributed by atoms with Gasteiger partial charge in [0.15, 0.2) is 0 Å². The lowest BCUT2D eigenvalue weighted by Crippen LogP contribution is -2.58. The first-order valence-electron chi connectivity index (χ1n) is 7.69. The number of rotatable bonds is 5. The Bertz CT molecular complexity index is 596. The molecule has 1 spiro atoms. The molecular formula is C17H20N2OS2. The highest BCUT2D eigenvalue weighted by atomic mass is 32.2. The number of nitrogens with zero attached hydrogens (tertiary/aromatic N) is 2. The molecule has 116 valence electrons. The van der Waals surface area contributed by atoms with Gasteiger partial charge in [0.05, 0.1) is 12.7 Å². The zero-order chi connectivity index (χ0) is 14.8. The highest BCUT2D eigenvalue weighted by Crippen LogP contribution is 2.46. The molecule has 4 rings (SSSR count). The van der Waals surface area contributed by atoms with Crippen LogP contribution >= 0.6 is 23.1 Å². The molecule has 3 nitrogen and oxygen atoms in total. The second kappa shape index (κ2) is 6.32. The third-order valence-electron chi connectivity index (χ3n) is 4.39. The highest BCUT2D eigenvalue weighted by molar-refractivity contribution is 8.01. The molecule has 0 saturated carbocycles. The van der Waals surface area contributed by atoms with Crippen molar-refractivity contribution in [3.05, 3.63) is 52.5 Å². The fourth-order valence-corrected chi connectivity index (χ4v) is 5.61. The molecule has 2 fully saturated rings. The van der Waals surface area contributed by atoms with Crippen LogP contribution in [0.5, 0.6) is 0 Å². The standard InChI is InChI=1S/C17H20N2OS2/c1-2-14(7-18-4-1)9-20-16-6-17(22-11-16)12-19(13-17)8-15-3-5-21-10-15/h1-5,7,10,16H,6,8-9,11-13H2/t16-/m0/s1. The van der Waals surface area contributed by atoms with Crippen LogP contribution in [0.4, 0.5) is 0 Å². The van der Waals surface area contributed by atoms with E-state index in [-0.39, 0.29) is 0 Å². The minimum atomic E-state index is 0.397. The average Bonchev–Trinajstić information content (AvgIpc) is 3.16.